The Labute approximate surface area is 108 Å². The van der Waals surface area contributed by atoms with Crippen molar-refractivity contribution in [2.75, 3.05) is 6.54 Å². The second-order valence-corrected chi connectivity index (χ2v) is 4.92. The van der Waals surface area contributed by atoms with Gasteiger partial charge in [-0.05, 0) is 25.8 Å². The van der Waals surface area contributed by atoms with Crippen molar-refractivity contribution in [3.05, 3.63) is 18.2 Å². The molecule has 1 saturated heterocycles. The molecule has 0 saturated carbocycles. The second-order valence-electron chi connectivity index (χ2n) is 4.92. The highest BCUT2D eigenvalue weighted by Gasteiger charge is 2.14. The molecule has 1 aliphatic rings. The highest BCUT2D eigenvalue weighted by molar-refractivity contribution is 5.75. The maximum atomic E-state index is 11.7. The summed E-state index contributed by atoms with van der Waals surface area (Å²) in [5.74, 6) is 1.00. The quantitative estimate of drug-likeness (QED) is 0.818. The molecule has 2 rings (SSSR count). The Morgan fingerprint density at radius 2 is 2.50 bits per heavy atom. The molecular formula is C13H22N4O. The Balaban J connectivity index is 1.64. The number of nitrogens with zero attached hydrogens (tertiary/aromatic N) is 2. The van der Waals surface area contributed by atoms with Crippen LogP contribution < -0.4 is 10.6 Å². The molecule has 1 aromatic heterocycles. The first-order chi connectivity index (χ1) is 8.75. The Morgan fingerprint density at radius 3 is 3.17 bits per heavy atom. The summed E-state index contributed by atoms with van der Waals surface area (Å²) in [7, 11) is 1.93. The number of aryl methyl sites for hydroxylation is 1. The van der Waals surface area contributed by atoms with Gasteiger partial charge in [0.2, 0.25) is 5.91 Å². The van der Waals surface area contributed by atoms with Crippen LogP contribution in [0.2, 0.25) is 0 Å². The van der Waals surface area contributed by atoms with Crippen molar-refractivity contribution in [1.29, 1.82) is 0 Å². The van der Waals surface area contributed by atoms with Crippen LogP contribution in [-0.4, -0.2) is 28.0 Å². The van der Waals surface area contributed by atoms with Gasteiger partial charge in [0.1, 0.15) is 5.82 Å². The largest absolute Gasteiger partial charge is 0.349 e. The molecule has 1 fully saturated rings. The molecule has 2 N–H and O–H groups in total. The van der Waals surface area contributed by atoms with E-state index in [1.54, 1.807) is 6.20 Å². The third-order valence-corrected chi connectivity index (χ3v) is 3.50. The highest BCUT2D eigenvalue weighted by atomic mass is 16.1. The fourth-order valence-corrected chi connectivity index (χ4v) is 2.31. The van der Waals surface area contributed by atoms with Gasteiger partial charge < -0.3 is 15.2 Å². The molecule has 100 valence electrons. The smallest absolute Gasteiger partial charge is 0.220 e. The number of carbonyl (C=O) groups excluding carboxylic acids is 1. The minimum atomic E-state index is 0.116. The third kappa shape index (κ3) is 3.84. The highest BCUT2D eigenvalue weighted by Crippen LogP contribution is 2.11. The maximum Gasteiger partial charge on any atom is 0.220 e. The van der Waals surface area contributed by atoms with E-state index in [0.717, 1.165) is 18.8 Å². The number of rotatable bonds is 5. The van der Waals surface area contributed by atoms with Crippen molar-refractivity contribution < 1.29 is 4.79 Å². The molecule has 0 bridgehead atoms. The molecule has 5 nitrogen and oxygen atoms in total. The molecule has 0 aliphatic carbocycles. The van der Waals surface area contributed by atoms with E-state index in [1.807, 2.05) is 17.8 Å². The van der Waals surface area contributed by atoms with E-state index in [4.69, 9.17) is 0 Å². The van der Waals surface area contributed by atoms with Crippen LogP contribution in [0, 0.1) is 0 Å². The van der Waals surface area contributed by atoms with Crippen LogP contribution in [0.5, 0.6) is 0 Å². The van der Waals surface area contributed by atoms with Crippen LogP contribution >= 0.6 is 0 Å². The van der Waals surface area contributed by atoms with Gasteiger partial charge in [-0.25, -0.2) is 4.98 Å². The van der Waals surface area contributed by atoms with Crippen LogP contribution in [-0.2, 0) is 18.4 Å². The number of aromatic nitrogens is 2. The van der Waals surface area contributed by atoms with E-state index < -0.39 is 0 Å². The van der Waals surface area contributed by atoms with Crippen LogP contribution in [0.4, 0.5) is 0 Å². The first-order valence-corrected chi connectivity index (χ1v) is 6.72. The van der Waals surface area contributed by atoms with E-state index in [-0.39, 0.29) is 5.91 Å². The van der Waals surface area contributed by atoms with Gasteiger partial charge in [0.15, 0.2) is 0 Å². The van der Waals surface area contributed by atoms with E-state index >= 15 is 0 Å². The molecule has 1 atom stereocenters. The summed E-state index contributed by atoms with van der Waals surface area (Å²) in [6, 6.07) is 0.526. The van der Waals surface area contributed by atoms with Crippen LogP contribution in [0.15, 0.2) is 12.4 Å². The number of hydrogen-bond acceptors (Lipinski definition) is 3. The summed E-state index contributed by atoms with van der Waals surface area (Å²) in [5, 5.41) is 6.37. The number of amides is 1. The topological polar surface area (TPSA) is 59.0 Å². The molecule has 0 radical (unpaired) electrons. The molecule has 18 heavy (non-hydrogen) atoms. The minimum Gasteiger partial charge on any atom is -0.349 e. The van der Waals surface area contributed by atoms with Gasteiger partial charge in [-0.15, -0.1) is 0 Å². The summed E-state index contributed by atoms with van der Waals surface area (Å²) in [6.07, 6.45) is 8.91. The molecule has 5 heteroatoms. The lowest BCUT2D eigenvalue weighted by molar-refractivity contribution is -0.121. The monoisotopic (exact) mass is 250 g/mol. The lowest BCUT2D eigenvalue weighted by Crippen LogP contribution is -2.35. The number of imidazole rings is 1. The van der Waals surface area contributed by atoms with Gasteiger partial charge in [-0.1, -0.05) is 6.42 Å². The second kappa shape index (κ2) is 6.54. The van der Waals surface area contributed by atoms with Crippen LogP contribution in [0.3, 0.4) is 0 Å². The van der Waals surface area contributed by atoms with Gasteiger partial charge in [0.05, 0.1) is 6.54 Å². The van der Waals surface area contributed by atoms with Gasteiger partial charge in [0, 0.05) is 31.9 Å². The zero-order chi connectivity index (χ0) is 12.8. The van der Waals surface area contributed by atoms with E-state index in [0.29, 0.717) is 19.0 Å². The standard InChI is InChI=1S/C13H22N4O/c1-17-9-8-15-12(17)10-16-13(18)6-5-11-4-2-3-7-14-11/h8-9,11,14H,2-7,10H2,1H3,(H,16,18). The van der Waals surface area contributed by atoms with E-state index in [9.17, 15) is 4.79 Å². The molecule has 1 aliphatic heterocycles. The minimum absolute atomic E-state index is 0.116. The van der Waals surface area contributed by atoms with E-state index in [2.05, 4.69) is 15.6 Å². The lowest BCUT2D eigenvalue weighted by atomic mass is 10.0. The summed E-state index contributed by atoms with van der Waals surface area (Å²) in [5.41, 5.74) is 0. The molecular weight excluding hydrogens is 228 g/mol. The van der Waals surface area contributed by atoms with Crippen LogP contribution in [0.1, 0.15) is 37.9 Å². The van der Waals surface area contributed by atoms with Crippen molar-refractivity contribution >= 4 is 5.91 Å². The van der Waals surface area contributed by atoms with Crippen molar-refractivity contribution in [2.45, 2.75) is 44.7 Å². The molecule has 0 spiro atoms. The zero-order valence-corrected chi connectivity index (χ0v) is 11.0. The molecule has 0 aromatic carbocycles. The summed E-state index contributed by atoms with van der Waals surface area (Å²) >= 11 is 0. The SMILES string of the molecule is Cn1ccnc1CNC(=O)CCC1CCCCN1. The average molecular weight is 250 g/mol. The first kappa shape index (κ1) is 13.1. The Kier molecular flexibility index (Phi) is 4.75. The molecule has 1 aromatic rings. The van der Waals surface area contributed by atoms with Crippen LogP contribution in [0.25, 0.3) is 0 Å². The maximum absolute atomic E-state index is 11.7. The van der Waals surface area contributed by atoms with Crippen molar-refractivity contribution in [2.24, 2.45) is 7.05 Å². The summed E-state index contributed by atoms with van der Waals surface area (Å²) in [4.78, 5) is 15.9. The predicted molar refractivity (Wildman–Crippen MR) is 69.9 cm³/mol. The number of piperidine rings is 1. The van der Waals surface area contributed by atoms with Crippen molar-refractivity contribution in [1.82, 2.24) is 20.2 Å². The molecule has 2 heterocycles. The summed E-state index contributed by atoms with van der Waals surface area (Å²) < 4.78 is 1.92. The van der Waals surface area contributed by atoms with Gasteiger partial charge >= 0.3 is 0 Å². The Hall–Kier alpha value is -1.36. The zero-order valence-electron chi connectivity index (χ0n) is 11.0. The molecule has 1 unspecified atom stereocenters. The van der Waals surface area contributed by atoms with Crippen molar-refractivity contribution in [3.63, 3.8) is 0 Å². The number of carbonyl (C=O) groups is 1. The number of nitrogens with one attached hydrogen (secondary N) is 2. The van der Waals surface area contributed by atoms with Crippen molar-refractivity contribution in [3.8, 4) is 0 Å². The normalized spacial score (nSPS) is 19.7. The summed E-state index contributed by atoms with van der Waals surface area (Å²) in [6.45, 7) is 1.61. The fourth-order valence-electron chi connectivity index (χ4n) is 2.31. The van der Waals surface area contributed by atoms with Gasteiger partial charge in [-0.3, -0.25) is 4.79 Å². The Bertz CT molecular complexity index is 382. The molecule has 1 amide bonds. The number of hydrogen-bond donors (Lipinski definition) is 2. The third-order valence-electron chi connectivity index (χ3n) is 3.50. The average Bonchev–Trinajstić information content (AvgIpc) is 2.81. The predicted octanol–water partition coefficient (Wildman–Crippen LogP) is 0.959. The first-order valence-electron chi connectivity index (χ1n) is 6.72. The van der Waals surface area contributed by atoms with Gasteiger partial charge in [0.25, 0.3) is 0 Å². The van der Waals surface area contributed by atoms with Gasteiger partial charge in [-0.2, -0.15) is 0 Å². The Morgan fingerprint density at radius 1 is 1.61 bits per heavy atom. The lowest BCUT2D eigenvalue weighted by Gasteiger charge is -2.23. The van der Waals surface area contributed by atoms with E-state index in [1.165, 1.54) is 19.3 Å². The fraction of sp³-hybridized carbons (Fsp3) is 0.692.